The summed E-state index contributed by atoms with van der Waals surface area (Å²) in [5.41, 5.74) is 1.80. The predicted octanol–water partition coefficient (Wildman–Crippen LogP) is 2.57. The average molecular weight is 302 g/mol. The minimum absolute atomic E-state index is 0.0799. The van der Waals surface area contributed by atoms with Crippen molar-refractivity contribution in [3.05, 3.63) is 53.6 Å². The van der Waals surface area contributed by atoms with Crippen LogP contribution in [0.2, 0.25) is 0 Å². The molecular formula is C15H14N2O3S. The van der Waals surface area contributed by atoms with Crippen LogP contribution in [0, 0.1) is 18.3 Å². The Bertz CT molecular complexity index is 791. The molecule has 2 aromatic carbocycles. The van der Waals surface area contributed by atoms with Crippen molar-refractivity contribution in [1.29, 1.82) is 5.26 Å². The molecule has 6 heteroatoms. The Hall–Kier alpha value is -2.52. The second-order valence-electron chi connectivity index (χ2n) is 4.58. The van der Waals surface area contributed by atoms with Crippen LogP contribution < -0.4 is 4.72 Å². The summed E-state index contributed by atoms with van der Waals surface area (Å²) in [5.74, 6) is 0.0799. The van der Waals surface area contributed by atoms with Crippen LogP contribution in [0.4, 0.5) is 5.69 Å². The molecule has 0 atom stereocenters. The number of aromatic hydroxyl groups is 1. The summed E-state index contributed by atoms with van der Waals surface area (Å²) < 4.78 is 27.0. The van der Waals surface area contributed by atoms with Gasteiger partial charge in [-0.25, -0.2) is 8.42 Å². The van der Waals surface area contributed by atoms with Crippen molar-refractivity contribution in [2.24, 2.45) is 0 Å². The van der Waals surface area contributed by atoms with E-state index in [9.17, 15) is 13.5 Å². The SMILES string of the molecule is Cc1cc(O)ccc1NS(=O)(=O)c1ccc(CC#N)cc1. The Morgan fingerprint density at radius 1 is 1.19 bits per heavy atom. The molecule has 0 fully saturated rings. The number of aryl methyl sites for hydroxylation is 1. The normalized spacial score (nSPS) is 10.9. The van der Waals surface area contributed by atoms with Gasteiger partial charge in [0.25, 0.3) is 10.0 Å². The largest absolute Gasteiger partial charge is 0.508 e. The van der Waals surface area contributed by atoms with E-state index in [1.54, 1.807) is 19.1 Å². The molecular weight excluding hydrogens is 288 g/mol. The number of sulfonamides is 1. The minimum Gasteiger partial charge on any atom is -0.508 e. The van der Waals surface area contributed by atoms with Gasteiger partial charge >= 0.3 is 0 Å². The van der Waals surface area contributed by atoms with Gasteiger partial charge in [-0.05, 0) is 48.4 Å². The van der Waals surface area contributed by atoms with Gasteiger partial charge in [0.2, 0.25) is 0 Å². The second-order valence-corrected chi connectivity index (χ2v) is 6.27. The minimum atomic E-state index is -3.69. The maximum Gasteiger partial charge on any atom is 0.261 e. The molecule has 2 N–H and O–H groups in total. The first kappa shape index (κ1) is 14.9. The molecule has 0 radical (unpaired) electrons. The quantitative estimate of drug-likeness (QED) is 0.849. The Morgan fingerprint density at radius 3 is 2.43 bits per heavy atom. The molecule has 0 aromatic heterocycles. The third-order valence-corrected chi connectivity index (χ3v) is 4.35. The van der Waals surface area contributed by atoms with Gasteiger partial charge in [-0.3, -0.25) is 4.72 Å². The second kappa shape index (κ2) is 5.85. The van der Waals surface area contributed by atoms with Gasteiger partial charge in [-0.1, -0.05) is 12.1 Å². The summed E-state index contributed by atoms with van der Waals surface area (Å²) in [6.45, 7) is 1.70. The van der Waals surface area contributed by atoms with Crippen molar-refractivity contribution in [1.82, 2.24) is 0 Å². The zero-order valence-electron chi connectivity index (χ0n) is 11.4. The number of rotatable bonds is 4. The average Bonchev–Trinajstić information content (AvgIpc) is 2.43. The molecule has 0 saturated heterocycles. The zero-order valence-corrected chi connectivity index (χ0v) is 12.2. The van der Waals surface area contributed by atoms with E-state index in [1.807, 2.05) is 6.07 Å². The lowest BCUT2D eigenvalue weighted by molar-refractivity contribution is 0.475. The van der Waals surface area contributed by atoms with E-state index in [4.69, 9.17) is 5.26 Å². The molecule has 0 saturated carbocycles. The Balaban J connectivity index is 2.27. The molecule has 0 aliphatic carbocycles. The van der Waals surface area contributed by atoms with Crippen molar-refractivity contribution >= 4 is 15.7 Å². The Kier molecular flexibility index (Phi) is 4.15. The van der Waals surface area contributed by atoms with E-state index in [1.165, 1.54) is 30.3 Å². The van der Waals surface area contributed by atoms with E-state index in [-0.39, 0.29) is 17.1 Å². The van der Waals surface area contributed by atoms with Gasteiger partial charge in [0.15, 0.2) is 0 Å². The smallest absolute Gasteiger partial charge is 0.261 e. The van der Waals surface area contributed by atoms with Gasteiger partial charge in [0.05, 0.1) is 23.1 Å². The van der Waals surface area contributed by atoms with E-state index in [0.717, 1.165) is 5.56 Å². The van der Waals surface area contributed by atoms with Crippen molar-refractivity contribution in [2.75, 3.05) is 4.72 Å². The molecule has 0 aliphatic rings. The van der Waals surface area contributed by atoms with Crippen molar-refractivity contribution in [3.8, 4) is 11.8 Å². The summed E-state index contributed by atoms with van der Waals surface area (Å²) in [6.07, 6.45) is 0.241. The maximum atomic E-state index is 12.3. The molecule has 2 aromatic rings. The summed E-state index contributed by atoms with van der Waals surface area (Å²) in [5, 5.41) is 17.9. The molecule has 0 heterocycles. The molecule has 108 valence electrons. The lowest BCUT2D eigenvalue weighted by Gasteiger charge is -2.11. The molecule has 0 aliphatic heterocycles. The zero-order chi connectivity index (χ0) is 15.5. The fourth-order valence-corrected chi connectivity index (χ4v) is 2.97. The third-order valence-electron chi connectivity index (χ3n) is 2.97. The van der Waals surface area contributed by atoms with Crippen LogP contribution in [0.1, 0.15) is 11.1 Å². The predicted molar refractivity (Wildman–Crippen MR) is 79.4 cm³/mol. The van der Waals surface area contributed by atoms with Crippen LogP contribution in [-0.2, 0) is 16.4 Å². The lowest BCUT2D eigenvalue weighted by atomic mass is 10.2. The standard InChI is InChI=1S/C15H14N2O3S/c1-11-10-13(18)4-7-15(11)17-21(19,20)14-5-2-12(3-6-14)8-9-16/h2-7,10,17-18H,8H2,1H3. The van der Waals surface area contributed by atoms with E-state index in [0.29, 0.717) is 11.3 Å². The first-order valence-corrected chi connectivity index (χ1v) is 7.69. The van der Waals surface area contributed by atoms with Crippen LogP contribution in [0.15, 0.2) is 47.4 Å². The first-order valence-electron chi connectivity index (χ1n) is 6.21. The first-order chi connectivity index (χ1) is 9.92. The molecule has 2 rings (SSSR count). The Morgan fingerprint density at radius 2 is 1.86 bits per heavy atom. The van der Waals surface area contributed by atoms with Gasteiger partial charge in [-0.2, -0.15) is 5.26 Å². The van der Waals surface area contributed by atoms with Crippen LogP contribution in [0.25, 0.3) is 0 Å². The summed E-state index contributed by atoms with van der Waals surface area (Å²) in [6, 6.07) is 12.6. The number of benzene rings is 2. The lowest BCUT2D eigenvalue weighted by Crippen LogP contribution is -2.13. The summed E-state index contributed by atoms with van der Waals surface area (Å²) in [4.78, 5) is 0.122. The maximum absolute atomic E-state index is 12.3. The van der Waals surface area contributed by atoms with Crippen LogP contribution >= 0.6 is 0 Å². The fourth-order valence-electron chi connectivity index (χ4n) is 1.84. The number of nitrogens with one attached hydrogen (secondary N) is 1. The van der Waals surface area contributed by atoms with E-state index >= 15 is 0 Å². The molecule has 0 unspecified atom stereocenters. The highest BCUT2D eigenvalue weighted by Crippen LogP contribution is 2.23. The van der Waals surface area contributed by atoms with Gasteiger partial charge < -0.3 is 5.11 Å². The highest BCUT2D eigenvalue weighted by molar-refractivity contribution is 7.92. The summed E-state index contributed by atoms with van der Waals surface area (Å²) in [7, 11) is -3.69. The fraction of sp³-hybridized carbons (Fsp3) is 0.133. The van der Waals surface area contributed by atoms with Crippen LogP contribution in [0.5, 0.6) is 5.75 Å². The number of phenolic OH excluding ortho intramolecular Hbond substituents is 1. The van der Waals surface area contributed by atoms with E-state index in [2.05, 4.69) is 4.72 Å². The van der Waals surface area contributed by atoms with Crippen molar-refractivity contribution in [2.45, 2.75) is 18.2 Å². The molecule has 0 bridgehead atoms. The van der Waals surface area contributed by atoms with Gasteiger partial charge in [0.1, 0.15) is 5.75 Å². The number of nitrogens with zero attached hydrogens (tertiary/aromatic N) is 1. The van der Waals surface area contributed by atoms with E-state index < -0.39 is 10.0 Å². The van der Waals surface area contributed by atoms with Gasteiger partial charge in [-0.15, -0.1) is 0 Å². The number of nitriles is 1. The number of anilines is 1. The van der Waals surface area contributed by atoms with Crippen LogP contribution in [0.3, 0.4) is 0 Å². The number of hydrogen-bond donors (Lipinski definition) is 2. The Labute approximate surface area is 123 Å². The highest BCUT2D eigenvalue weighted by Gasteiger charge is 2.15. The molecule has 0 amide bonds. The number of hydrogen-bond acceptors (Lipinski definition) is 4. The monoisotopic (exact) mass is 302 g/mol. The molecule has 0 spiro atoms. The van der Waals surface area contributed by atoms with Crippen molar-refractivity contribution in [3.63, 3.8) is 0 Å². The van der Waals surface area contributed by atoms with Gasteiger partial charge in [0, 0.05) is 0 Å². The highest BCUT2D eigenvalue weighted by atomic mass is 32.2. The summed E-state index contributed by atoms with van der Waals surface area (Å²) >= 11 is 0. The topological polar surface area (TPSA) is 90.2 Å². The van der Waals surface area contributed by atoms with Crippen LogP contribution in [-0.4, -0.2) is 13.5 Å². The number of phenols is 1. The third kappa shape index (κ3) is 3.52. The molecule has 21 heavy (non-hydrogen) atoms. The van der Waals surface area contributed by atoms with Crippen molar-refractivity contribution < 1.29 is 13.5 Å². The molecule has 5 nitrogen and oxygen atoms in total.